The van der Waals surface area contributed by atoms with Crippen LogP contribution >= 0.6 is 0 Å². The maximum absolute atomic E-state index is 11.4. The molecule has 1 aliphatic heterocycles. The largest absolute Gasteiger partial charge is 0.397 e. The fourth-order valence-electron chi connectivity index (χ4n) is 2.93. The average molecular weight is 282 g/mol. The summed E-state index contributed by atoms with van der Waals surface area (Å²) in [6, 6.07) is 9.51. The van der Waals surface area contributed by atoms with E-state index >= 15 is 0 Å². The van der Waals surface area contributed by atoms with Crippen molar-refractivity contribution in [3.63, 3.8) is 0 Å². The number of nitrogens with zero attached hydrogens (tertiary/aromatic N) is 2. The first-order chi connectivity index (χ1) is 10.2. The SMILES string of the molecule is NC(=O)c1ccc(N)c(N2CCCC2c2ccncc2)c1. The molecule has 1 aromatic carbocycles. The van der Waals surface area contributed by atoms with Crippen LogP contribution in [0.2, 0.25) is 0 Å². The number of carbonyl (C=O) groups excluding carboxylic acids is 1. The highest BCUT2D eigenvalue weighted by Crippen LogP contribution is 2.38. The first-order valence-corrected chi connectivity index (χ1v) is 7.02. The van der Waals surface area contributed by atoms with Crippen LogP contribution in [0.25, 0.3) is 0 Å². The molecule has 1 unspecified atom stereocenters. The van der Waals surface area contributed by atoms with Crippen LogP contribution in [0.4, 0.5) is 11.4 Å². The van der Waals surface area contributed by atoms with E-state index in [4.69, 9.17) is 11.5 Å². The zero-order valence-corrected chi connectivity index (χ0v) is 11.7. The molecule has 5 heteroatoms. The lowest BCUT2D eigenvalue weighted by Crippen LogP contribution is -2.24. The molecule has 108 valence electrons. The summed E-state index contributed by atoms with van der Waals surface area (Å²) in [5.74, 6) is -0.434. The number of amides is 1. The summed E-state index contributed by atoms with van der Waals surface area (Å²) in [6.45, 7) is 0.916. The zero-order valence-electron chi connectivity index (χ0n) is 11.7. The molecule has 0 spiro atoms. The number of rotatable bonds is 3. The van der Waals surface area contributed by atoms with Crippen molar-refractivity contribution in [2.24, 2.45) is 5.73 Å². The molecule has 5 nitrogen and oxygen atoms in total. The van der Waals surface area contributed by atoms with Crippen LogP contribution < -0.4 is 16.4 Å². The molecule has 0 radical (unpaired) electrons. The highest BCUT2D eigenvalue weighted by Gasteiger charge is 2.27. The van der Waals surface area contributed by atoms with Crippen molar-refractivity contribution in [1.29, 1.82) is 0 Å². The van der Waals surface area contributed by atoms with E-state index in [1.165, 1.54) is 5.56 Å². The second-order valence-corrected chi connectivity index (χ2v) is 5.27. The van der Waals surface area contributed by atoms with Crippen molar-refractivity contribution in [2.75, 3.05) is 17.2 Å². The molecule has 1 amide bonds. The number of aromatic nitrogens is 1. The normalized spacial score (nSPS) is 17.9. The number of primary amides is 1. The number of benzene rings is 1. The van der Waals surface area contributed by atoms with Gasteiger partial charge in [0.2, 0.25) is 5.91 Å². The number of nitrogen functional groups attached to an aromatic ring is 1. The fourth-order valence-corrected chi connectivity index (χ4v) is 2.93. The first kappa shape index (κ1) is 13.4. The number of carbonyl (C=O) groups is 1. The maximum Gasteiger partial charge on any atom is 0.248 e. The molecule has 21 heavy (non-hydrogen) atoms. The lowest BCUT2D eigenvalue weighted by Gasteiger charge is -2.28. The minimum Gasteiger partial charge on any atom is -0.397 e. The fraction of sp³-hybridized carbons (Fsp3) is 0.250. The van der Waals surface area contributed by atoms with Gasteiger partial charge in [0, 0.05) is 24.5 Å². The van der Waals surface area contributed by atoms with Crippen molar-refractivity contribution in [2.45, 2.75) is 18.9 Å². The Morgan fingerprint density at radius 3 is 2.71 bits per heavy atom. The number of pyridine rings is 1. The van der Waals surface area contributed by atoms with E-state index in [2.05, 4.69) is 9.88 Å². The average Bonchev–Trinajstić information content (AvgIpc) is 2.97. The van der Waals surface area contributed by atoms with Gasteiger partial charge in [0.25, 0.3) is 0 Å². The van der Waals surface area contributed by atoms with Gasteiger partial charge in [-0.2, -0.15) is 0 Å². The quantitative estimate of drug-likeness (QED) is 0.844. The molecule has 1 saturated heterocycles. The molecular formula is C16H18N4O. The van der Waals surface area contributed by atoms with E-state index in [1.54, 1.807) is 30.6 Å². The van der Waals surface area contributed by atoms with Gasteiger partial charge >= 0.3 is 0 Å². The Labute approximate surface area is 123 Å². The monoisotopic (exact) mass is 282 g/mol. The van der Waals surface area contributed by atoms with Crippen molar-refractivity contribution < 1.29 is 4.79 Å². The maximum atomic E-state index is 11.4. The number of hydrogen-bond donors (Lipinski definition) is 2. The molecule has 3 rings (SSSR count). The Kier molecular flexibility index (Phi) is 3.48. The number of nitrogens with two attached hydrogens (primary N) is 2. The Hall–Kier alpha value is -2.56. The lowest BCUT2D eigenvalue weighted by molar-refractivity contribution is 0.100. The second kappa shape index (κ2) is 5.44. The predicted octanol–water partition coefficient (Wildman–Crippen LogP) is 2.10. The lowest BCUT2D eigenvalue weighted by atomic mass is 10.0. The molecule has 2 aromatic rings. The summed E-state index contributed by atoms with van der Waals surface area (Å²) >= 11 is 0. The van der Waals surface area contributed by atoms with Gasteiger partial charge in [0.15, 0.2) is 0 Å². The molecule has 2 heterocycles. The van der Waals surface area contributed by atoms with Crippen molar-refractivity contribution >= 4 is 17.3 Å². The Bertz CT molecular complexity index is 657. The Morgan fingerprint density at radius 2 is 2.00 bits per heavy atom. The van der Waals surface area contributed by atoms with E-state index in [1.807, 2.05) is 12.1 Å². The highest BCUT2D eigenvalue weighted by atomic mass is 16.1. The zero-order chi connectivity index (χ0) is 14.8. The van der Waals surface area contributed by atoms with E-state index in [0.717, 1.165) is 25.1 Å². The first-order valence-electron chi connectivity index (χ1n) is 7.02. The third-order valence-corrected chi connectivity index (χ3v) is 3.97. The van der Waals surface area contributed by atoms with Crippen molar-refractivity contribution in [3.8, 4) is 0 Å². The topological polar surface area (TPSA) is 85.2 Å². The molecule has 4 N–H and O–H groups in total. The Morgan fingerprint density at radius 1 is 1.24 bits per heavy atom. The van der Waals surface area contributed by atoms with E-state index in [0.29, 0.717) is 11.3 Å². The highest BCUT2D eigenvalue weighted by molar-refractivity contribution is 5.95. The van der Waals surface area contributed by atoms with Crippen LogP contribution in [0, 0.1) is 0 Å². The molecule has 0 bridgehead atoms. The number of anilines is 2. The van der Waals surface area contributed by atoms with Crippen LogP contribution in [0.5, 0.6) is 0 Å². The smallest absolute Gasteiger partial charge is 0.248 e. The van der Waals surface area contributed by atoms with E-state index in [9.17, 15) is 4.79 Å². The van der Waals surface area contributed by atoms with E-state index in [-0.39, 0.29) is 6.04 Å². The van der Waals surface area contributed by atoms with Gasteiger partial charge in [-0.3, -0.25) is 9.78 Å². The number of hydrogen-bond acceptors (Lipinski definition) is 4. The third-order valence-electron chi connectivity index (χ3n) is 3.97. The second-order valence-electron chi connectivity index (χ2n) is 5.27. The molecular weight excluding hydrogens is 264 g/mol. The van der Waals surface area contributed by atoms with Gasteiger partial charge in [-0.1, -0.05) is 0 Å². The van der Waals surface area contributed by atoms with Gasteiger partial charge in [-0.15, -0.1) is 0 Å². The third kappa shape index (κ3) is 2.54. The van der Waals surface area contributed by atoms with Gasteiger partial charge in [-0.05, 0) is 48.7 Å². The molecule has 0 aliphatic carbocycles. The van der Waals surface area contributed by atoms with Crippen LogP contribution in [0.1, 0.15) is 34.8 Å². The standard InChI is InChI=1S/C16H18N4O/c17-13-4-3-12(16(18)21)10-15(13)20-9-1-2-14(20)11-5-7-19-8-6-11/h3-8,10,14H,1-2,9,17H2,(H2,18,21). The summed E-state index contributed by atoms with van der Waals surface area (Å²) < 4.78 is 0. The minimum atomic E-state index is -0.434. The molecule has 1 aromatic heterocycles. The summed E-state index contributed by atoms with van der Waals surface area (Å²) in [6.07, 6.45) is 5.75. The van der Waals surface area contributed by atoms with E-state index < -0.39 is 5.91 Å². The van der Waals surface area contributed by atoms with Crippen LogP contribution in [-0.4, -0.2) is 17.4 Å². The predicted molar refractivity (Wildman–Crippen MR) is 82.9 cm³/mol. The van der Waals surface area contributed by atoms with Gasteiger partial charge in [0.1, 0.15) is 0 Å². The summed E-state index contributed by atoms with van der Waals surface area (Å²) in [4.78, 5) is 17.7. The van der Waals surface area contributed by atoms with Crippen LogP contribution in [-0.2, 0) is 0 Å². The van der Waals surface area contributed by atoms with Crippen molar-refractivity contribution in [3.05, 3.63) is 53.9 Å². The molecule has 1 fully saturated rings. The van der Waals surface area contributed by atoms with Gasteiger partial charge < -0.3 is 16.4 Å². The minimum absolute atomic E-state index is 0.262. The van der Waals surface area contributed by atoms with Gasteiger partial charge in [0.05, 0.1) is 17.4 Å². The summed E-state index contributed by atoms with van der Waals surface area (Å²) in [5.41, 5.74) is 14.7. The van der Waals surface area contributed by atoms with Crippen LogP contribution in [0.3, 0.4) is 0 Å². The Balaban J connectivity index is 1.99. The molecule has 1 atom stereocenters. The summed E-state index contributed by atoms with van der Waals surface area (Å²) in [5, 5.41) is 0. The molecule has 1 aliphatic rings. The molecule has 0 saturated carbocycles. The van der Waals surface area contributed by atoms with Crippen molar-refractivity contribution in [1.82, 2.24) is 4.98 Å². The summed E-state index contributed by atoms with van der Waals surface area (Å²) in [7, 11) is 0. The van der Waals surface area contributed by atoms with Gasteiger partial charge in [-0.25, -0.2) is 0 Å². The van der Waals surface area contributed by atoms with Crippen LogP contribution in [0.15, 0.2) is 42.7 Å².